The molecule has 1 N–H and O–H groups in total. The van der Waals surface area contributed by atoms with E-state index in [0.717, 1.165) is 0 Å². The Morgan fingerprint density at radius 2 is 1.87 bits per heavy atom. The Bertz CT molecular complexity index is 535. The van der Waals surface area contributed by atoms with E-state index in [0.29, 0.717) is 0 Å². The first-order chi connectivity index (χ1) is 7.40. The summed E-state index contributed by atoms with van der Waals surface area (Å²) >= 11 is 0. The number of aliphatic hydroxyl groups is 1. The molecular weight excluding hydrogens is 184 g/mol. The first-order valence-corrected chi connectivity index (χ1v) is 5.21. The fourth-order valence-corrected chi connectivity index (χ4v) is 2.33. The van der Waals surface area contributed by atoms with E-state index in [-0.39, 0.29) is 12.5 Å². The van der Waals surface area contributed by atoms with Crippen molar-refractivity contribution in [3.05, 3.63) is 53.6 Å². The van der Waals surface area contributed by atoms with Crippen molar-refractivity contribution in [3.63, 3.8) is 0 Å². The molecule has 2 aromatic rings. The third-order valence-corrected chi connectivity index (χ3v) is 3.07. The molecule has 0 spiro atoms. The highest BCUT2D eigenvalue weighted by molar-refractivity contribution is 5.95. The van der Waals surface area contributed by atoms with Crippen molar-refractivity contribution in [2.24, 2.45) is 0 Å². The second kappa shape index (κ2) is 3.21. The van der Waals surface area contributed by atoms with Crippen LogP contribution >= 0.6 is 0 Å². The van der Waals surface area contributed by atoms with Crippen molar-refractivity contribution >= 4 is 16.8 Å². The Morgan fingerprint density at radius 3 is 2.67 bits per heavy atom. The predicted octanol–water partition coefficient (Wildman–Crippen LogP) is 2.94. The molecule has 15 heavy (non-hydrogen) atoms. The Kier molecular flexibility index (Phi) is 1.86. The van der Waals surface area contributed by atoms with Crippen LogP contribution < -0.4 is 0 Å². The summed E-state index contributed by atoms with van der Waals surface area (Å²) in [6.45, 7) is 0.184. The van der Waals surface area contributed by atoms with Crippen molar-refractivity contribution in [2.45, 2.75) is 5.92 Å². The molecule has 0 heterocycles. The van der Waals surface area contributed by atoms with E-state index in [4.69, 9.17) is 0 Å². The maximum absolute atomic E-state index is 9.32. The van der Waals surface area contributed by atoms with Crippen LogP contribution in [0.1, 0.15) is 17.0 Å². The first kappa shape index (κ1) is 8.69. The van der Waals surface area contributed by atoms with E-state index in [9.17, 15) is 5.11 Å². The molecule has 1 unspecified atom stereocenters. The Morgan fingerprint density at radius 1 is 1.07 bits per heavy atom. The van der Waals surface area contributed by atoms with Crippen LogP contribution in [0, 0.1) is 0 Å². The number of rotatable bonds is 1. The van der Waals surface area contributed by atoms with Crippen LogP contribution in [0.3, 0.4) is 0 Å². The summed E-state index contributed by atoms with van der Waals surface area (Å²) in [5, 5.41) is 11.9. The van der Waals surface area contributed by atoms with Gasteiger partial charge in [0.1, 0.15) is 0 Å². The number of hydrogen-bond donors (Lipinski definition) is 1. The van der Waals surface area contributed by atoms with Gasteiger partial charge >= 0.3 is 0 Å². The lowest BCUT2D eigenvalue weighted by Gasteiger charge is -2.19. The monoisotopic (exact) mass is 196 g/mol. The number of aliphatic hydroxyl groups excluding tert-OH is 1. The summed E-state index contributed by atoms with van der Waals surface area (Å²) in [6, 6.07) is 12.6. The summed E-state index contributed by atoms with van der Waals surface area (Å²) in [7, 11) is 0. The van der Waals surface area contributed by atoms with Crippen LogP contribution in [0.25, 0.3) is 16.8 Å². The molecule has 0 saturated carbocycles. The molecule has 1 aliphatic rings. The van der Waals surface area contributed by atoms with Gasteiger partial charge in [-0.1, -0.05) is 48.6 Å². The van der Waals surface area contributed by atoms with Gasteiger partial charge in [-0.3, -0.25) is 0 Å². The second-order valence-electron chi connectivity index (χ2n) is 3.94. The lowest BCUT2D eigenvalue weighted by Crippen LogP contribution is -2.05. The molecule has 0 aromatic heterocycles. The topological polar surface area (TPSA) is 20.2 Å². The zero-order chi connectivity index (χ0) is 10.3. The minimum atomic E-state index is 0.156. The van der Waals surface area contributed by atoms with Gasteiger partial charge in [0.2, 0.25) is 0 Å². The van der Waals surface area contributed by atoms with Crippen LogP contribution in [0.2, 0.25) is 0 Å². The van der Waals surface area contributed by atoms with Gasteiger partial charge in [0.15, 0.2) is 0 Å². The van der Waals surface area contributed by atoms with Gasteiger partial charge in [-0.25, -0.2) is 0 Å². The Hall–Kier alpha value is -1.60. The molecule has 0 radical (unpaired) electrons. The molecule has 0 bridgehead atoms. The fourth-order valence-electron chi connectivity index (χ4n) is 2.33. The fraction of sp³-hybridized carbons (Fsp3) is 0.143. The third kappa shape index (κ3) is 1.20. The molecule has 0 aliphatic heterocycles. The molecule has 0 fully saturated rings. The standard InChI is InChI=1S/C14H12O/c15-9-12-8-7-11-4-1-3-10-5-2-6-13(12)14(10)11/h1-8,12,15H,9H2. The third-order valence-electron chi connectivity index (χ3n) is 3.07. The number of benzene rings is 2. The zero-order valence-corrected chi connectivity index (χ0v) is 8.35. The van der Waals surface area contributed by atoms with Crippen molar-refractivity contribution in [1.29, 1.82) is 0 Å². The summed E-state index contributed by atoms with van der Waals surface area (Å²) in [5.74, 6) is 0.156. The molecule has 2 aromatic carbocycles. The highest BCUT2D eigenvalue weighted by Crippen LogP contribution is 2.34. The van der Waals surface area contributed by atoms with Gasteiger partial charge in [-0.15, -0.1) is 0 Å². The maximum Gasteiger partial charge on any atom is 0.0534 e. The van der Waals surface area contributed by atoms with Crippen molar-refractivity contribution < 1.29 is 5.11 Å². The normalized spacial score (nSPS) is 18.3. The Labute approximate surface area is 88.7 Å². The SMILES string of the molecule is OCC1C=Cc2cccc3cccc1c23. The lowest BCUT2D eigenvalue weighted by molar-refractivity contribution is 0.284. The molecule has 0 saturated heterocycles. The zero-order valence-electron chi connectivity index (χ0n) is 8.35. The van der Waals surface area contributed by atoms with Gasteiger partial charge in [0, 0.05) is 5.92 Å². The first-order valence-electron chi connectivity index (χ1n) is 5.21. The van der Waals surface area contributed by atoms with Crippen LogP contribution in [0.15, 0.2) is 42.5 Å². The van der Waals surface area contributed by atoms with Crippen LogP contribution in [-0.4, -0.2) is 11.7 Å². The van der Waals surface area contributed by atoms with Gasteiger partial charge in [0.25, 0.3) is 0 Å². The summed E-state index contributed by atoms with van der Waals surface area (Å²) in [5.41, 5.74) is 2.50. The average Bonchev–Trinajstić information content (AvgIpc) is 2.30. The average molecular weight is 196 g/mol. The van der Waals surface area contributed by atoms with Gasteiger partial charge in [0.05, 0.1) is 6.61 Å². The van der Waals surface area contributed by atoms with Gasteiger partial charge < -0.3 is 5.11 Å². The molecule has 74 valence electrons. The molecule has 1 nitrogen and oxygen atoms in total. The molecule has 1 heteroatoms. The maximum atomic E-state index is 9.32. The quantitative estimate of drug-likeness (QED) is 0.743. The van der Waals surface area contributed by atoms with Gasteiger partial charge in [-0.2, -0.15) is 0 Å². The van der Waals surface area contributed by atoms with E-state index in [1.807, 2.05) is 0 Å². The Balaban J connectivity index is 2.41. The molecule has 0 amide bonds. The van der Waals surface area contributed by atoms with E-state index < -0.39 is 0 Å². The van der Waals surface area contributed by atoms with Crippen LogP contribution in [0.4, 0.5) is 0 Å². The minimum Gasteiger partial charge on any atom is -0.395 e. The largest absolute Gasteiger partial charge is 0.395 e. The van der Waals surface area contributed by atoms with E-state index in [2.05, 4.69) is 48.6 Å². The van der Waals surface area contributed by atoms with Gasteiger partial charge in [-0.05, 0) is 21.9 Å². The summed E-state index contributed by atoms with van der Waals surface area (Å²) in [6.07, 6.45) is 4.19. The van der Waals surface area contributed by atoms with E-state index in [1.165, 1.54) is 21.9 Å². The van der Waals surface area contributed by atoms with Crippen molar-refractivity contribution in [2.75, 3.05) is 6.61 Å². The van der Waals surface area contributed by atoms with Crippen LogP contribution in [0.5, 0.6) is 0 Å². The van der Waals surface area contributed by atoms with E-state index in [1.54, 1.807) is 0 Å². The van der Waals surface area contributed by atoms with Crippen LogP contribution in [-0.2, 0) is 0 Å². The second-order valence-corrected chi connectivity index (χ2v) is 3.94. The van der Waals surface area contributed by atoms with Crippen molar-refractivity contribution in [1.82, 2.24) is 0 Å². The highest BCUT2D eigenvalue weighted by atomic mass is 16.3. The molecule has 3 rings (SSSR count). The van der Waals surface area contributed by atoms with E-state index >= 15 is 0 Å². The summed E-state index contributed by atoms with van der Waals surface area (Å²) < 4.78 is 0. The smallest absolute Gasteiger partial charge is 0.0534 e. The highest BCUT2D eigenvalue weighted by Gasteiger charge is 2.15. The summed E-state index contributed by atoms with van der Waals surface area (Å²) in [4.78, 5) is 0. The lowest BCUT2D eigenvalue weighted by atomic mass is 9.86. The molecular formula is C14H12O. The molecule has 1 atom stereocenters. The molecule has 1 aliphatic carbocycles. The predicted molar refractivity (Wildman–Crippen MR) is 62.8 cm³/mol. The number of hydrogen-bond acceptors (Lipinski definition) is 1. The van der Waals surface area contributed by atoms with Crippen molar-refractivity contribution in [3.8, 4) is 0 Å². The minimum absolute atomic E-state index is 0.156.